The van der Waals surface area contributed by atoms with Crippen LogP contribution in [0.5, 0.6) is 0 Å². The summed E-state index contributed by atoms with van der Waals surface area (Å²) in [5, 5.41) is 4.07. The Morgan fingerprint density at radius 2 is 2.06 bits per heavy atom. The van der Waals surface area contributed by atoms with Crippen molar-refractivity contribution in [2.75, 3.05) is 0 Å². The van der Waals surface area contributed by atoms with E-state index < -0.39 is 11.7 Å². The Balaban J connectivity index is 2.34. The minimum atomic E-state index is -4.32. The first kappa shape index (κ1) is 13.1. The minimum Gasteiger partial charge on any atom is -0.264 e. The lowest BCUT2D eigenvalue weighted by Crippen LogP contribution is -2.10. The predicted molar refractivity (Wildman–Crippen MR) is 65.2 cm³/mol. The molecule has 1 heterocycles. The number of aromatic nitrogens is 2. The Labute approximate surface area is 111 Å². The second kappa shape index (κ2) is 4.76. The summed E-state index contributed by atoms with van der Waals surface area (Å²) < 4.78 is 40.2. The van der Waals surface area contributed by atoms with Crippen molar-refractivity contribution >= 4 is 15.9 Å². The maximum Gasteiger partial charge on any atom is 0.416 e. The van der Waals surface area contributed by atoms with Gasteiger partial charge in [0.2, 0.25) is 0 Å². The lowest BCUT2D eigenvalue weighted by molar-refractivity contribution is -0.137. The number of hydrogen-bond acceptors (Lipinski definition) is 1. The van der Waals surface area contributed by atoms with Crippen molar-refractivity contribution in [2.24, 2.45) is 0 Å². The van der Waals surface area contributed by atoms with E-state index in [1.54, 1.807) is 30.1 Å². The molecule has 0 saturated carbocycles. The van der Waals surface area contributed by atoms with Crippen LogP contribution in [-0.2, 0) is 6.18 Å². The average Bonchev–Trinajstić information content (AvgIpc) is 2.74. The molecule has 1 aromatic heterocycles. The minimum absolute atomic E-state index is 0.251. The molecule has 2 aromatic rings. The summed E-state index contributed by atoms with van der Waals surface area (Å²) in [5.74, 6) is 0. The van der Waals surface area contributed by atoms with Gasteiger partial charge in [0.25, 0.3) is 0 Å². The fourth-order valence-corrected chi connectivity index (χ4v) is 1.96. The highest BCUT2D eigenvalue weighted by Crippen LogP contribution is 2.31. The van der Waals surface area contributed by atoms with Crippen molar-refractivity contribution < 1.29 is 13.2 Å². The van der Waals surface area contributed by atoms with Gasteiger partial charge in [0.1, 0.15) is 0 Å². The molecule has 1 aromatic carbocycles. The monoisotopic (exact) mass is 318 g/mol. The largest absolute Gasteiger partial charge is 0.416 e. The molecule has 18 heavy (non-hydrogen) atoms. The maximum atomic E-state index is 12.6. The van der Waals surface area contributed by atoms with Gasteiger partial charge in [-0.2, -0.15) is 18.3 Å². The van der Waals surface area contributed by atoms with E-state index in [-0.39, 0.29) is 6.04 Å². The molecule has 0 saturated heterocycles. The van der Waals surface area contributed by atoms with Gasteiger partial charge < -0.3 is 0 Å². The molecule has 0 N–H and O–H groups in total. The van der Waals surface area contributed by atoms with E-state index in [1.807, 2.05) is 0 Å². The van der Waals surface area contributed by atoms with E-state index in [9.17, 15) is 13.2 Å². The molecule has 0 bridgehead atoms. The van der Waals surface area contributed by atoms with Crippen LogP contribution in [0, 0.1) is 0 Å². The lowest BCUT2D eigenvalue weighted by Gasteiger charge is -2.14. The molecule has 1 atom stereocenters. The third-order valence-electron chi connectivity index (χ3n) is 2.66. The highest BCUT2D eigenvalue weighted by Gasteiger charge is 2.30. The van der Waals surface area contributed by atoms with Crippen LogP contribution in [-0.4, -0.2) is 9.78 Å². The number of benzene rings is 1. The van der Waals surface area contributed by atoms with Crippen molar-refractivity contribution in [2.45, 2.75) is 19.1 Å². The smallest absolute Gasteiger partial charge is 0.264 e. The van der Waals surface area contributed by atoms with Crippen LogP contribution in [0.15, 0.2) is 41.1 Å². The van der Waals surface area contributed by atoms with Crippen LogP contribution >= 0.6 is 15.9 Å². The molecule has 0 radical (unpaired) electrons. The van der Waals surface area contributed by atoms with Gasteiger partial charge in [-0.05, 0) is 40.5 Å². The van der Waals surface area contributed by atoms with Gasteiger partial charge >= 0.3 is 6.18 Å². The zero-order chi connectivity index (χ0) is 13.3. The average molecular weight is 319 g/mol. The van der Waals surface area contributed by atoms with Crippen molar-refractivity contribution in [3.05, 3.63) is 52.3 Å². The van der Waals surface area contributed by atoms with Gasteiger partial charge in [-0.15, -0.1) is 0 Å². The Kier molecular flexibility index (Phi) is 3.47. The lowest BCUT2D eigenvalue weighted by atomic mass is 10.1. The van der Waals surface area contributed by atoms with E-state index in [0.29, 0.717) is 5.56 Å². The molecule has 0 unspecified atom stereocenters. The van der Waals surface area contributed by atoms with Gasteiger partial charge in [-0.1, -0.05) is 12.1 Å². The Morgan fingerprint density at radius 3 is 2.61 bits per heavy atom. The van der Waals surface area contributed by atoms with E-state index >= 15 is 0 Å². The number of hydrogen-bond donors (Lipinski definition) is 0. The fraction of sp³-hybridized carbons (Fsp3) is 0.250. The second-order valence-corrected chi connectivity index (χ2v) is 4.85. The first-order valence-electron chi connectivity index (χ1n) is 5.25. The number of halogens is 4. The summed E-state index contributed by atoms with van der Waals surface area (Å²) >= 11 is 3.26. The Hall–Kier alpha value is -1.30. The molecule has 0 aliphatic carbocycles. The number of nitrogens with zero attached hydrogens (tertiary/aromatic N) is 2. The van der Waals surface area contributed by atoms with Crippen LogP contribution in [0.25, 0.3) is 0 Å². The first-order chi connectivity index (χ1) is 8.38. The summed E-state index contributed by atoms with van der Waals surface area (Å²) in [6.07, 6.45) is -0.991. The third-order valence-corrected chi connectivity index (χ3v) is 3.07. The van der Waals surface area contributed by atoms with Crippen LogP contribution < -0.4 is 0 Å². The quantitative estimate of drug-likeness (QED) is 0.808. The molecule has 6 heteroatoms. The molecule has 0 spiro atoms. The number of alkyl halides is 3. The summed E-state index contributed by atoms with van der Waals surface area (Å²) in [4.78, 5) is 0. The van der Waals surface area contributed by atoms with E-state index in [4.69, 9.17) is 0 Å². The van der Waals surface area contributed by atoms with E-state index in [2.05, 4.69) is 21.0 Å². The Morgan fingerprint density at radius 1 is 1.33 bits per heavy atom. The molecule has 0 aliphatic rings. The van der Waals surface area contributed by atoms with Crippen LogP contribution in [0.4, 0.5) is 13.2 Å². The maximum absolute atomic E-state index is 12.6. The number of rotatable bonds is 2. The van der Waals surface area contributed by atoms with Crippen molar-refractivity contribution in [1.29, 1.82) is 0 Å². The molecule has 96 valence electrons. The summed E-state index contributed by atoms with van der Waals surface area (Å²) in [7, 11) is 0. The highest BCUT2D eigenvalue weighted by molar-refractivity contribution is 9.10. The molecule has 0 amide bonds. The van der Waals surface area contributed by atoms with Gasteiger partial charge in [-0.3, -0.25) is 4.68 Å². The molecular weight excluding hydrogens is 309 g/mol. The van der Waals surface area contributed by atoms with Gasteiger partial charge in [-0.25, -0.2) is 0 Å². The molecule has 2 nitrogen and oxygen atoms in total. The van der Waals surface area contributed by atoms with E-state index in [0.717, 1.165) is 16.6 Å². The molecule has 2 rings (SSSR count). The zero-order valence-electron chi connectivity index (χ0n) is 9.45. The normalized spacial score (nSPS) is 13.6. The molecular formula is C12H10BrF3N2. The standard InChI is InChI=1S/C12H10BrF3N2/c1-8(18-7-11(13)6-17-18)9-3-2-4-10(5-9)12(14,15)16/h2-8H,1H3/t8-/m1/s1. The summed E-state index contributed by atoms with van der Waals surface area (Å²) in [5.41, 5.74) is -0.0708. The van der Waals surface area contributed by atoms with Gasteiger partial charge in [0.05, 0.1) is 22.3 Å². The third kappa shape index (κ3) is 2.75. The second-order valence-electron chi connectivity index (χ2n) is 3.94. The SMILES string of the molecule is C[C@H](c1cccc(C(F)(F)F)c1)n1cc(Br)cn1. The highest BCUT2D eigenvalue weighted by atomic mass is 79.9. The van der Waals surface area contributed by atoms with Crippen LogP contribution in [0.1, 0.15) is 24.1 Å². The van der Waals surface area contributed by atoms with Gasteiger partial charge in [0, 0.05) is 6.20 Å². The van der Waals surface area contributed by atoms with E-state index in [1.165, 1.54) is 6.07 Å². The fourth-order valence-electron chi connectivity index (χ4n) is 1.65. The Bertz CT molecular complexity index is 548. The van der Waals surface area contributed by atoms with Gasteiger partial charge in [0.15, 0.2) is 0 Å². The topological polar surface area (TPSA) is 17.8 Å². The summed E-state index contributed by atoms with van der Waals surface area (Å²) in [6.45, 7) is 1.80. The summed E-state index contributed by atoms with van der Waals surface area (Å²) in [6, 6.07) is 5.04. The zero-order valence-corrected chi connectivity index (χ0v) is 11.0. The molecule has 0 fully saturated rings. The van der Waals surface area contributed by atoms with Crippen LogP contribution in [0.2, 0.25) is 0 Å². The first-order valence-corrected chi connectivity index (χ1v) is 6.04. The predicted octanol–water partition coefficient (Wildman–Crippen LogP) is 4.27. The molecule has 0 aliphatic heterocycles. The van der Waals surface area contributed by atoms with Crippen molar-refractivity contribution in [3.63, 3.8) is 0 Å². The van der Waals surface area contributed by atoms with Crippen LogP contribution in [0.3, 0.4) is 0 Å². The van der Waals surface area contributed by atoms with Crippen molar-refractivity contribution in [1.82, 2.24) is 9.78 Å². The van der Waals surface area contributed by atoms with Crippen molar-refractivity contribution in [3.8, 4) is 0 Å².